The van der Waals surface area contributed by atoms with Gasteiger partial charge in [0.1, 0.15) is 0 Å². The Balaban J connectivity index is 3.00. The second kappa shape index (κ2) is 17.2. The van der Waals surface area contributed by atoms with E-state index in [1.165, 1.54) is 5.56 Å². The molecule has 0 saturated heterocycles. The molecule has 0 saturated carbocycles. The van der Waals surface area contributed by atoms with Gasteiger partial charge in [-0.25, -0.2) is 0 Å². The lowest BCUT2D eigenvalue weighted by Gasteiger charge is -2.36. The smallest absolute Gasteiger partial charge is 0.320 e. The Morgan fingerprint density at radius 1 is 0.548 bits per heavy atom. The van der Waals surface area contributed by atoms with Gasteiger partial charge in [0.2, 0.25) is 0 Å². The van der Waals surface area contributed by atoms with Crippen molar-refractivity contribution >= 4 is 27.9 Å². The molecule has 31 heavy (non-hydrogen) atoms. The Kier molecular flexibility index (Phi) is 15.9. The molecule has 0 bridgehead atoms. The average Bonchev–Trinajstić information content (AvgIpc) is 2.82. The molecule has 0 aliphatic carbocycles. The summed E-state index contributed by atoms with van der Waals surface area (Å²) in [6.07, 6.45) is 6.72. The zero-order valence-corrected chi connectivity index (χ0v) is 23.9. The van der Waals surface area contributed by atoms with Crippen molar-refractivity contribution < 1.29 is 26.6 Å². The molecular formula is C22H44O6Si3. The Hall–Kier alpha value is -0.369. The maximum absolute atomic E-state index is 5.56. The van der Waals surface area contributed by atoms with Gasteiger partial charge in [-0.1, -0.05) is 49.6 Å². The van der Waals surface area contributed by atoms with Crippen LogP contribution in [0.5, 0.6) is 0 Å². The van der Waals surface area contributed by atoms with Crippen LogP contribution in [0.25, 0.3) is 0 Å². The molecule has 1 aromatic rings. The van der Waals surface area contributed by atoms with Crippen LogP contribution in [0.3, 0.4) is 0 Å². The summed E-state index contributed by atoms with van der Waals surface area (Å²) in [7, 11) is 5.97. The van der Waals surface area contributed by atoms with Gasteiger partial charge in [0.15, 0.2) is 0 Å². The number of rotatable bonds is 19. The lowest BCUT2D eigenvalue weighted by atomic mass is 9.70. The summed E-state index contributed by atoms with van der Waals surface area (Å²) in [6.45, 7) is 0. The van der Waals surface area contributed by atoms with E-state index < -0.39 is 27.9 Å². The quantitative estimate of drug-likeness (QED) is 0.276. The molecule has 180 valence electrons. The monoisotopic (exact) mass is 488 g/mol. The molecular weight excluding hydrogens is 444 g/mol. The third kappa shape index (κ3) is 10.4. The van der Waals surface area contributed by atoms with Gasteiger partial charge >= 0.3 is 27.9 Å². The largest absolute Gasteiger partial charge is 0.400 e. The number of hydrogen-bond donors (Lipinski definition) is 0. The highest BCUT2D eigenvalue weighted by Crippen LogP contribution is 2.40. The second-order valence-electron chi connectivity index (χ2n) is 8.03. The van der Waals surface area contributed by atoms with Crippen LogP contribution < -0.4 is 0 Å². The molecule has 0 amide bonds. The highest BCUT2D eigenvalue weighted by molar-refractivity contribution is 6.44. The van der Waals surface area contributed by atoms with E-state index in [4.69, 9.17) is 26.6 Å². The molecule has 0 N–H and O–H groups in total. The Labute approximate surface area is 195 Å². The van der Waals surface area contributed by atoms with Crippen molar-refractivity contribution in [1.29, 1.82) is 0 Å². The molecule has 0 unspecified atom stereocenters. The predicted octanol–water partition coefficient (Wildman–Crippen LogP) is 3.80. The highest BCUT2D eigenvalue weighted by Gasteiger charge is 2.32. The zero-order valence-electron chi connectivity index (χ0n) is 20.4. The molecule has 1 aromatic carbocycles. The first-order chi connectivity index (χ1) is 15.1. The second-order valence-corrected chi connectivity index (χ2v) is 15.2. The predicted molar refractivity (Wildman–Crippen MR) is 134 cm³/mol. The SMILES string of the molecule is CO[SiH](CCCC(CCC[SiH](OC)OC)(CCC[SiH](OC)OC)c1ccccc1)OC. The van der Waals surface area contributed by atoms with Crippen LogP contribution in [-0.4, -0.2) is 70.5 Å². The molecule has 9 heteroatoms. The molecule has 0 spiro atoms. The van der Waals surface area contributed by atoms with Crippen LogP contribution in [0.4, 0.5) is 0 Å². The molecule has 0 aliphatic rings. The fourth-order valence-corrected chi connectivity index (χ4v) is 8.02. The first kappa shape index (κ1) is 28.7. The van der Waals surface area contributed by atoms with E-state index in [1.807, 2.05) is 0 Å². The molecule has 0 aliphatic heterocycles. The Morgan fingerprint density at radius 3 is 1.16 bits per heavy atom. The molecule has 6 nitrogen and oxygen atoms in total. The summed E-state index contributed by atoms with van der Waals surface area (Å²) in [6, 6.07) is 14.1. The van der Waals surface area contributed by atoms with E-state index >= 15 is 0 Å². The van der Waals surface area contributed by atoms with Crippen molar-refractivity contribution in [3.05, 3.63) is 35.9 Å². The molecule has 0 heterocycles. The van der Waals surface area contributed by atoms with Crippen LogP contribution in [-0.2, 0) is 32.0 Å². The number of benzene rings is 1. The fraction of sp³-hybridized carbons (Fsp3) is 0.727. The van der Waals surface area contributed by atoms with Gasteiger partial charge in [-0.2, -0.15) is 0 Å². The van der Waals surface area contributed by atoms with E-state index in [9.17, 15) is 0 Å². The van der Waals surface area contributed by atoms with Gasteiger partial charge in [-0.15, -0.1) is 0 Å². The number of hydrogen-bond acceptors (Lipinski definition) is 6. The van der Waals surface area contributed by atoms with Gasteiger partial charge in [0.25, 0.3) is 0 Å². The van der Waals surface area contributed by atoms with Crippen molar-refractivity contribution in [2.45, 2.75) is 62.1 Å². The maximum Gasteiger partial charge on any atom is 0.320 e. The molecule has 0 radical (unpaired) electrons. The summed E-state index contributed by atoms with van der Waals surface area (Å²) in [4.78, 5) is 0. The third-order valence-electron chi connectivity index (χ3n) is 6.25. The van der Waals surface area contributed by atoms with E-state index in [0.29, 0.717) is 0 Å². The lowest BCUT2D eigenvalue weighted by Crippen LogP contribution is -2.30. The minimum Gasteiger partial charge on any atom is -0.400 e. The first-order valence-corrected chi connectivity index (χ1v) is 16.6. The van der Waals surface area contributed by atoms with Gasteiger partial charge in [0.05, 0.1) is 0 Å². The third-order valence-corrected chi connectivity index (χ3v) is 12.0. The molecule has 0 fully saturated rings. The van der Waals surface area contributed by atoms with Crippen LogP contribution in [0.1, 0.15) is 44.1 Å². The van der Waals surface area contributed by atoms with Gasteiger partial charge < -0.3 is 26.6 Å². The van der Waals surface area contributed by atoms with Gasteiger partial charge in [-0.05, 0) is 48.4 Å². The minimum atomic E-state index is -1.55. The van der Waals surface area contributed by atoms with E-state index in [1.54, 1.807) is 42.7 Å². The molecule has 0 aromatic heterocycles. The van der Waals surface area contributed by atoms with Gasteiger partial charge in [-0.3, -0.25) is 0 Å². The van der Waals surface area contributed by atoms with Gasteiger partial charge in [0, 0.05) is 42.7 Å². The van der Waals surface area contributed by atoms with Crippen molar-refractivity contribution in [2.75, 3.05) is 42.7 Å². The standard InChI is InChI=1S/C22H44O6Si3/c1-23-29(24-2)18-10-15-22(21-13-8-7-9-14-21,16-11-19-30(25-3)26-4)17-12-20-31(27-5)28-6/h7-9,13-14,29-31H,10-12,15-20H2,1-6H3. The van der Waals surface area contributed by atoms with Crippen molar-refractivity contribution in [2.24, 2.45) is 0 Å². The zero-order chi connectivity index (χ0) is 23.0. The molecule has 0 atom stereocenters. The van der Waals surface area contributed by atoms with Crippen LogP contribution in [0.2, 0.25) is 18.1 Å². The van der Waals surface area contributed by atoms with Crippen LogP contribution in [0.15, 0.2) is 30.3 Å². The Bertz CT molecular complexity index is 494. The summed E-state index contributed by atoms with van der Waals surface area (Å²) >= 11 is 0. The average molecular weight is 489 g/mol. The first-order valence-electron chi connectivity index (χ1n) is 11.3. The topological polar surface area (TPSA) is 55.4 Å². The van der Waals surface area contributed by atoms with Crippen molar-refractivity contribution in [3.8, 4) is 0 Å². The van der Waals surface area contributed by atoms with E-state index in [-0.39, 0.29) is 5.41 Å². The van der Waals surface area contributed by atoms with E-state index in [2.05, 4.69) is 30.3 Å². The van der Waals surface area contributed by atoms with Crippen molar-refractivity contribution in [1.82, 2.24) is 0 Å². The minimum absolute atomic E-state index is 0.128. The molecule has 1 rings (SSSR count). The summed E-state index contributed by atoms with van der Waals surface area (Å²) < 4.78 is 33.4. The normalized spacial score (nSPS) is 12.4. The Morgan fingerprint density at radius 2 is 0.871 bits per heavy atom. The van der Waals surface area contributed by atoms with Crippen LogP contribution >= 0.6 is 0 Å². The fourth-order valence-electron chi connectivity index (χ4n) is 4.42. The summed E-state index contributed by atoms with van der Waals surface area (Å²) in [5.74, 6) is 0. The summed E-state index contributed by atoms with van der Waals surface area (Å²) in [5, 5.41) is 0. The lowest BCUT2D eigenvalue weighted by molar-refractivity contribution is 0.260. The highest BCUT2D eigenvalue weighted by atomic mass is 28.3. The summed E-state index contributed by atoms with van der Waals surface area (Å²) in [5.41, 5.74) is 1.56. The maximum atomic E-state index is 5.56. The van der Waals surface area contributed by atoms with Crippen molar-refractivity contribution in [3.63, 3.8) is 0 Å². The van der Waals surface area contributed by atoms with Crippen LogP contribution in [0, 0.1) is 0 Å². The van der Waals surface area contributed by atoms with E-state index in [0.717, 1.165) is 56.7 Å².